The van der Waals surface area contributed by atoms with E-state index in [1.807, 2.05) is 6.07 Å². The van der Waals surface area contributed by atoms with Crippen molar-refractivity contribution in [1.82, 2.24) is 5.32 Å². The first kappa shape index (κ1) is 11.2. The summed E-state index contributed by atoms with van der Waals surface area (Å²) in [7, 11) is 1.40. The lowest BCUT2D eigenvalue weighted by Gasteiger charge is -2.15. The molecule has 0 aromatic heterocycles. The van der Waals surface area contributed by atoms with Gasteiger partial charge in [0.15, 0.2) is 11.5 Å². The highest BCUT2D eigenvalue weighted by atomic mass is 19.1. The van der Waals surface area contributed by atoms with Gasteiger partial charge in [-0.1, -0.05) is 0 Å². The molecule has 1 saturated heterocycles. The summed E-state index contributed by atoms with van der Waals surface area (Å²) in [5.74, 6) is -0.591. The van der Waals surface area contributed by atoms with Gasteiger partial charge in [0.1, 0.15) is 0 Å². The van der Waals surface area contributed by atoms with Crippen molar-refractivity contribution in [2.75, 3.05) is 20.2 Å². The third kappa shape index (κ3) is 1.73. The summed E-state index contributed by atoms with van der Waals surface area (Å²) < 4.78 is 18.7. The zero-order valence-corrected chi connectivity index (χ0v) is 9.51. The minimum atomic E-state index is -0.649. The van der Waals surface area contributed by atoms with Gasteiger partial charge in [-0.2, -0.15) is 4.39 Å². The Labute approximate surface area is 94.2 Å². The molecule has 0 saturated carbocycles. The number of hydrogen-bond acceptors (Lipinski definition) is 3. The molecule has 0 bridgehead atoms. The fourth-order valence-corrected chi connectivity index (χ4v) is 2.26. The van der Waals surface area contributed by atoms with Gasteiger partial charge < -0.3 is 15.2 Å². The molecule has 3 nitrogen and oxygen atoms in total. The molecular formula is C12H16FNO2. The smallest absolute Gasteiger partial charge is 0.207 e. The predicted molar refractivity (Wildman–Crippen MR) is 59.6 cm³/mol. The Kier molecular flexibility index (Phi) is 3.01. The van der Waals surface area contributed by atoms with Gasteiger partial charge in [0.2, 0.25) is 5.82 Å². The molecule has 0 radical (unpaired) electrons. The maximum Gasteiger partial charge on any atom is 0.207 e. The fourth-order valence-electron chi connectivity index (χ4n) is 2.26. The van der Waals surface area contributed by atoms with Gasteiger partial charge in [-0.25, -0.2) is 0 Å². The van der Waals surface area contributed by atoms with Gasteiger partial charge in [-0.3, -0.25) is 0 Å². The number of benzene rings is 1. The number of halogens is 1. The van der Waals surface area contributed by atoms with Crippen LogP contribution in [0.5, 0.6) is 11.5 Å². The normalized spacial score (nSPS) is 20.1. The molecule has 0 amide bonds. The first-order chi connectivity index (χ1) is 7.65. The van der Waals surface area contributed by atoms with E-state index in [1.165, 1.54) is 7.11 Å². The van der Waals surface area contributed by atoms with E-state index in [1.54, 1.807) is 6.92 Å². The zero-order chi connectivity index (χ0) is 11.7. The molecule has 2 rings (SSSR count). The van der Waals surface area contributed by atoms with Crippen LogP contribution in [0.25, 0.3) is 0 Å². The van der Waals surface area contributed by atoms with Crippen molar-refractivity contribution >= 4 is 0 Å². The SMILES string of the molecule is COc1c(C)cc(C2CCNC2)c(O)c1F. The number of ether oxygens (including phenoxy) is 1. The van der Waals surface area contributed by atoms with Gasteiger partial charge in [-0.15, -0.1) is 0 Å². The quantitative estimate of drug-likeness (QED) is 0.808. The molecule has 1 fully saturated rings. The number of nitrogens with one attached hydrogen (secondary N) is 1. The summed E-state index contributed by atoms with van der Waals surface area (Å²) in [5.41, 5.74) is 1.40. The Morgan fingerprint density at radius 3 is 2.88 bits per heavy atom. The van der Waals surface area contributed by atoms with Crippen molar-refractivity contribution < 1.29 is 14.2 Å². The second kappa shape index (κ2) is 4.29. The maximum atomic E-state index is 13.8. The first-order valence-electron chi connectivity index (χ1n) is 5.41. The van der Waals surface area contributed by atoms with Gasteiger partial charge >= 0.3 is 0 Å². The Balaban J connectivity index is 2.46. The Hall–Kier alpha value is -1.29. The van der Waals surface area contributed by atoms with Crippen LogP contribution in [0.4, 0.5) is 4.39 Å². The van der Waals surface area contributed by atoms with Gasteiger partial charge in [0, 0.05) is 18.0 Å². The molecule has 0 spiro atoms. The van der Waals surface area contributed by atoms with Crippen molar-refractivity contribution in [2.45, 2.75) is 19.3 Å². The molecule has 1 aliphatic rings. The van der Waals surface area contributed by atoms with Crippen LogP contribution in [0.3, 0.4) is 0 Å². The average Bonchev–Trinajstić information content (AvgIpc) is 2.77. The lowest BCUT2D eigenvalue weighted by molar-refractivity contribution is 0.358. The van der Waals surface area contributed by atoms with Crippen molar-refractivity contribution in [2.24, 2.45) is 0 Å². The van der Waals surface area contributed by atoms with E-state index in [0.717, 1.165) is 25.1 Å². The third-order valence-corrected chi connectivity index (χ3v) is 3.12. The minimum absolute atomic E-state index is 0.132. The third-order valence-electron chi connectivity index (χ3n) is 3.12. The fraction of sp³-hybridized carbons (Fsp3) is 0.500. The predicted octanol–water partition coefficient (Wildman–Crippen LogP) is 1.93. The Bertz CT molecular complexity index is 400. The Morgan fingerprint density at radius 2 is 2.31 bits per heavy atom. The van der Waals surface area contributed by atoms with Crippen LogP contribution < -0.4 is 10.1 Å². The number of phenols is 1. The molecular weight excluding hydrogens is 209 g/mol. The van der Waals surface area contributed by atoms with E-state index in [-0.39, 0.29) is 17.4 Å². The lowest BCUT2D eigenvalue weighted by atomic mass is 9.95. The van der Waals surface area contributed by atoms with Crippen LogP contribution in [-0.4, -0.2) is 25.3 Å². The molecule has 1 aliphatic heterocycles. The number of aryl methyl sites for hydroxylation is 1. The second-order valence-corrected chi connectivity index (χ2v) is 4.17. The highest BCUT2D eigenvalue weighted by molar-refractivity contribution is 5.48. The molecule has 1 heterocycles. The molecule has 88 valence electrons. The van der Waals surface area contributed by atoms with Crippen LogP contribution >= 0.6 is 0 Å². The van der Waals surface area contributed by atoms with Crippen molar-refractivity contribution in [3.8, 4) is 11.5 Å². The average molecular weight is 225 g/mol. The molecule has 1 aromatic rings. The number of phenolic OH excluding ortho intramolecular Hbond substituents is 1. The number of aromatic hydroxyl groups is 1. The van der Waals surface area contributed by atoms with Crippen LogP contribution in [0.15, 0.2) is 6.07 Å². The van der Waals surface area contributed by atoms with E-state index in [0.29, 0.717) is 5.56 Å². The summed E-state index contributed by atoms with van der Waals surface area (Å²) in [6.07, 6.45) is 0.929. The summed E-state index contributed by atoms with van der Waals surface area (Å²) in [5, 5.41) is 13.0. The van der Waals surface area contributed by atoms with Gasteiger partial charge in [0.05, 0.1) is 7.11 Å². The molecule has 4 heteroatoms. The van der Waals surface area contributed by atoms with Gasteiger partial charge in [0.25, 0.3) is 0 Å². The molecule has 0 aliphatic carbocycles. The van der Waals surface area contributed by atoms with Crippen molar-refractivity contribution in [3.05, 3.63) is 23.0 Å². The monoisotopic (exact) mass is 225 g/mol. The van der Waals surface area contributed by atoms with Crippen LogP contribution in [0.1, 0.15) is 23.5 Å². The van der Waals surface area contributed by atoms with Crippen LogP contribution in [0, 0.1) is 12.7 Å². The van der Waals surface area contributed by atoms with E-state index < -0.39 is 5.82 Å². The summed E-state index contributed by atoms with van der Waals surface area (Å²) in [6.45, 7) is 3.49. The van der Waals surface area contributed by atoms with E-state index in [4.69, 9.17) is 4.74 Å². The Morgan fingerprint density at radius 1 is 1.56 bits per heavy atom. The number of hydrogen-bond donors (Lipinski definition) is 2. The van der Waals surface area contributed by atoms with E-state index >= 15 is 0 Å². The van der Waals surface area contributed by atoms with Crippen molar-refractivity contribution in [3.63, 3.8) is 0 Å². The lowest BCUT2D eigenvalue weighted by Crippen LogP contribution is -2.09. The maximum absolute atomic E-state index is 13.8. The van der Waals surface area contributed by atoms with E-state index in [9.17, 15) is 9.50 Å². The summed E-state index contributed by atoms with van der Waals surface area (Å²) in [4.78, 5) is 0. The first-order valence-corrected chi connectivity index (χ1v) is 5.41. The summed E-state index contributed by atoms with van der Waals surface area (Å²) >= 11 is 0. The number of rotatable bonds is 2. The molecule has 1 unspecified atom stereocenters. The zero-order valence-electron chi connectivity index (χ0n) is 9.51. The molecule has 1 atom stereocenters. The molecule has 1 aromatic carbocycles. The van der Waals surface area contributed by atoms with Gasteiger partial charge in [-0.05, 0) is 31.5 Å². The largest absolute Gasteiger partial charge is 0.505 e. The number of methoxy groups -OCH3 is 1. The second-order valence-electron chi connectivity index (χ2n) is 4.17. The minimum Gasteiger partial charge on any atom is -0.505 e. The van der Waals surface area contributed by atoms with Crippen molar-refractivity contribution in [1.29, 1.82) is 0 Å². The van der Waals surface area contributed by atoms with Crippen LogP contribution in [0.2, 0.25) is 0 Å². The molecule has 16 heavy (non-hydrogen) atoms. The molecule has 2 N–H and O–H groups in total. The summed E-state index contributed by atoms with van der Waals surface area (Å²) in [6, 6.07) is 1.81. The highest BCUT2D eigenvalue weighted by Crippen LogP contribution is 2.38. The highest BCUT2D eigenvalue weighted by Gasteiger charge is 2.24. The van der Waals surface area contributed by atoms with Crippen LogP contribution in [-0.2, 0) is 0 Å². The topological polar surface area (TPSA) is 41.5 Å². The van der Waals surface area contributed by atoms with E-state index in [2.05, 4.69) is 5.32 Å². The standard InChI is InChI=1S/C12H16FNO2/c1-7-5-9(8-3-4-14-6-8)11(15)10(13)12(7)16-2/h5,8,14-15H,3-4,6H2,1-2H3.